The van der Waals surface area contributed by atoms with E-state index in [1.165, 1.54) is 37.2 Å². The van der Waals surface area contributed by atoms with Crippen LogP contribution >= 0.6 is 15.9 Å². The van der Waals surface area contributed by atoms with E-state index in [1.54, 1.807) is 25.3 Å². The first-order valence-corrected chi connectivity index (χ1v) is 12.8. The summed E-state index contributed by atoms with van der Waals surface area (Å²) in [5.74, 6) is -0.353. The van der Waals surface area contributed by atoms with Crippen LogP contribution in [0.4, 0.5) is 10.2 Å². The molecule has 0 bridgehead atoms. The van der Waals surface area contributed by atoms with Crippen LogP contribution in [0.2, 0.25) is 0 Å². The summed E-state index contributed by atoms with van der Waals surface area (Å²) in [7, 11) is 0. The summed E-state index contributed by atoms with van der Waals surface area (Å²) in [6.45, 7) is 2.48. The lowest BCUT2D eigenvalue weighted by atomic mass is 9.94. The molecule has 0 N–H and O–H groups in total. The van der Waals surface area contributed by atoms with E-state index in [0.717, 1.165) is 17.7 Å². The normalized spacial score (nSPS) is 13.6. The Morgan fingerprint density at radius 3 is 2.84 bits per heavy atom. The number of pyridine rings is 2. The van der Waals surface area contributed by atoms with Gasteiger partial charge in [0, 0.05) is 48.1 Å². The maximum Gasteiger partial charge on any atom is 0.406 e. The second kappa shape index (κ2) is 10.7. The molecule has 0 aliphatic heterocycles. The average Bonchev–Trinajstić information content (AvgIpc) is 3.62. The molecule has 0 saturated heterocycles. The standard InChI is InChI=1S/C27H22BrFN6O3/c1-16(38-25-10-20(28)13-32-27(25)35(36)37)23-11-21(29)6-7-22(23)26-18(3-2-8-31-26)9-19-15-34(14-17-4-5-17)33-24(19)12-30/h2-3,6-8,10-11,13,15-17H,4-5,9,14H2,1H3/t16-/m1/s1. The Hall–Kier alpha value is -4.17. The Balaban J connectivity index is 1.50. The van der Waals surface area contributed by atoms with Crippen molar-refractivity contribution in [3.63, 3.8) is 0 Å². The van der Waals surface area contributed by atoms with E-state index in [0.29, 0.717) is 39.3 Å². The third-order valence-electron chi connectivity index (χ3n) is 6.34. The van der Waals surface area contributed by atoms with Gasteiger partial charge >= 0.3 is 5.82 Å². The molecular formula is C27H22BrFN6O3. The predicted octanol–water partition coefficient (Wildman–Crippen LogP) is 6.16. The van der Waals surface area contributed by atoms with Crippen LogP contribution in [0.1, 0.15) is 48.3 Å². The number of nitriles is 1. The zero-order valence-electron chi connectivity index (χ0n) is 20.3. The van der Waals surface area contributed by atoms with Crippen LogP contribution in [-0.4, -0.2) is 24.7 Å². The number of hydrogen-bond acceptors (Lipinski definition) is 7. The highest BCUT2D eigenvalue weighted by Crippen LogP contribution is 2.36. The fourth-order valence-electron chi connectivity index (χ4n) is 4.35. The number of hydrogen-bond donors (Lipinski definition) is 0. The largest absolute Gasteiger partial charge is 0.478 e. The van der Waals surface area contributed by atoms with E-state index in [1.807, 2.05) is 16.9 Å². The second-order valence-electron chi connectivity index (χ2n) is 9.19. The lowest BCUT2D eigenvalue weighted by Crippen LogP contribution is -2.09. The molecule has 0 spiro atoms. The molecule has 4 aromatic rings. The van der Waals surface area contributed by atoms with Gasteiger partial charge in [0.15, 0.2) is 11.9 Å². The Labute approximate surface area is 226 Å². The van der Waals surface area contributed by atoms with Crippen LogP contribution in [0.3, 0.4) is 0 Å². The molecule has 9 nitrogen and oxygen atoms in total. The molecule has 1 atom stereocenters. The van der Waals surface area contributed by atoms with Gasteiger partial charge in [0.05, 0.1) is 10.2 Å². The first kappa shape index (κ1) is 25.5. The van der Waals surface area contributed by atoms with Crippen molar-refractivity contribution < 1.29 is 14.1 Å². The maximum absolute atomic E-state index is 14.4. The highest BCUT2D eigenvalue weighted by atomic mass is 79.9. The van der Waals surface area contributed by atoms with E-state index in [4.69, 9.17) is 4.74 Å². The van der Waals surface area contributed by atoms with Gasteiger partial charge in [0.25, 0.3) is 0 Å². The van der Waals surface area contributed by atoms with Gasteiger partial charge in [0.2, 0.25) is 5.75 Å². The number of benzene rings is 1. The van der Waals surface area contributed by atoms with E-state index < -0.39 is 22.7 Å². The maximum atomic E-state index is 14.4. The van der Waals surface area contributed by atoms with E-state index in [-0.39, 0.29) is 5.75 Å². The van der Waals surface area contributed by atoms with Crippen LogP contribution in [0, 0.1) is 33.2 Å². The molecule has 0 unspecified atom stereocenters. The van der Waals surface area contributed by atoms with Crippen molar-refractivity contribution in [1.82, 2.24) is 19.7 Å². The van der Waals surface area contributed by atoms with Gasteiger partial charge in [0.1, 0.15) is 18.0 Å². The monoisotopic (exact) mass is 576 g/mol. The average molecular weight is 577 g/mol. The van der Waals surface area contributed by atoms with Crippen LogP contribution in [-0.2, 0) is 13.0 Å². The topological polar surface area (TPSA) is 120 Å². The summed E-state index contributed by atoms with van der Waals surface area (Å²) < 4.78 is 22.7. The highest BCUT2D eigenvalue weighted by Gasteiger charge is 2.25. The number of nitro groups is 1. The number of halogens is 2. The van der Waals surface area contributed by atoms with Gasteiger partial charge in [-0.3, -0.25) is 9.67 Å². The van der Waals surface area contributed by atoms with Crippen molar-refractivity contribution in [1.29, 1.82) is 5.26 Å². The summed E-state index contributed by atoms with van der Waals surface area (Å²) in [5, 5.41) is 25.6. The quantitative estimate of drug-likeness (QED) is 0.173. The molecule has 3 heterocycles. The number of ether oxygens (including phenoxy) is 1. The second-order valence-corrected chi connectivity index (χ2v) is 10.1. The van der Waals surface area contributed by atoms with Gasteiger partial charge in [-0.05, 0) is 81.3 Å². The first-order chi connectivity index (χ1) is 18.3. The fourth-order valence-corrected chi connectivity index (χ4v) is 4.66. The highest BCUT2D eigenvalue weighted by molar-refractivity contribution is 9.10. The van der Waals surface area contributed by atoms with Gasteiger partial charge in [-0.2, -0.15) is 10.4 Å². The summed E-state index contributed by atoms with van der Waals surface area (Å²) in [4.78, 5) is 19.3. The van der Waals surface area contributed by atoms with Crippen LogP contribution in [0.5, 0.6) is 5.75 Å². The summed E-state index contributed by atoms with van der Waals surface area (Å²) in [5.41, 5.74) is 3.65. The van der Waals surface area contributed by atoms with Crippen molar-refractivity contribution in [2.45, 2.75) is 38.8 Å². The van der Waals surface area contributed by atoms with E-state index in [2.05, 4.69) is 37.1 Å². The van der Waals surface area contributed by atoms with Crippen molar-refractivity contribution in [2.24, 2.45) is 5.92 Å². The van der Waals surface area contributed by atoms with Crippen molar-refractivity contribution >= 4 is 21.7 Å². The lowest BCUT2D eigenvalue weighted by Gasteiger charge is -2.19. The molecule has 1 saturated carbocycles. The van der Waals surface area contributed by atoms with Gasteiger partial charge in [-0.15, -0.1) is 0 Å². The van der Waals surface area contributed by atoms with Gasteiger partial charge in [-0.1, -0.05) is 6.07 Å². The summed E-state index contributed by atoms with van der Waals surface area (Å²) in [6.07, 6.45) is 6.84. The van der Waals surface area contributed by atoms with Gasteiger partial charge in [-0.25, -0.2) is 4.39 Å². The molecule has 0 amide bonds. The van der Waals surface area contributed by atoms with Crippen molar-refractivity contribution in [3.8, 4) is 23.1 Å². The zero-order chi connectivity index (χ0) is 26.8. The minimum Gasteiger partial charge on any atom is -0.478 e. The predicted molar refractivity (Wildman–Crippen MR) is 140 cm³/mol. The first-order valence-electron chi connectivity index (χ1n) is 12.0. The van der Waals surface area contributed by atoms with Crippen LogP contribution in [0.25, 0.3) is 11.3 Å². The number of aromatic nitrogens is 4. The van der Waals surface area contributed by atoms with Crippen molar-refractivity contribution in [2.75, 3.05) is 0 Å². The molecule has 38 heavy (non-hydrogen) atoms. The molecule has 0 radical (unpaired) electrons. The smallest absolute Gasteiger partial charge is 0.406 e. The number of rotatable bonds is 9. The third kappa shape index (κ3) is 5.55. The van der Waals surface area contributed by atoms with Crippen LogP contribution < -0.4 is 4.74 Å². The Morgan fingerprint density at radius 1 is 1.29 bits per heavy atom. The minimum atomic E-state index is -0.777. The van der Waals surface area contributed by atoms with Crippen molar-refractivity contribution in [3.05, 3.63) is 97.8 Å². The van der Waals surface area contributed by atoms with E-state index >= 15 is 0 Å². The van der Waals surface area contributed by atoms with Crippen LogP contribution in [0.15, 0.2) is 59.5 Å². The number of nitrogens with zero attached hydrogens (tertiary/aromatic N) is 6. The minimum absolute atomic E-state index is 0.0462. The molecule has 1 aliphatic rings. The Kier molecular flexibility index (Phi) is 7.15. The molecular weight excluding hydrogens is 555 g/mol. The van der Waals surface area contributed by atoms with E-state index in [9.17, 15) is 19.8 Å². The molecule has 1 fully saturated rings. The SMILES string of the molecule is C[C@@H](Oc1cc(Br)cnc1[N+](=O)[O-])c1cc(F)ccc1-c1ncccc1Cc1cn(CC2CC2)nc1C#N. The summed E-state index contributed by atoms with van der Waals surface area (Å²) in [6, 6.07) is 11.6. The molecule has 1 aliphatic carbocycles. The molecule has 11 heteroatoms. The molecule has 5 rings (SSSR count). The van der Waals surface area contributed by atoms with Gasteiger partial charge < -0.3 is 14.9 Å². The Bertz CT molecular complexity index is 1560. The fraction of sp³-hybridized carbons (Fsp3) is 0.259. The summed E-state index contributed by atoms with van der Waals surface area (Å²) >= 11 is 3.26. The lowest BCUT2D eigenvalue weighted by molar-refractivity contribution is -0.390. The third-order valence-corrected chi connectivity index (χ3v) is 6.77. The molecule has 3 aromatic heterocycles. The molecule has 192 valence electrons. The molecule has 1 aromatic carbocycles. The zero-order valence-corrected chi connectivity index (χ0v) is 21.9. The Morgan fingerprint density at radius 2 is 2.11 bits per heavy atom.